The van der Waals surface area contributed by atoms with E-state index in [2.05, 4.69) is 20.6 Å². The molecule has 3 heterocycles. The predicted molar refractivity (Wildman–Crippen MR) is 65.6 cm³/mol. The summed E-state index contributed by atoms with van der Waals surface area (Å²) >= 11 is 0. The zero-order valence-electron chi connectivity index (χ0n) is 10.2. The molecule has 20 heavy (non-hydrogen) atoms. The Balaban J connectivity index is 1.89. The number of ether oxygens (including phenoxy) is 2. The molecule has 0 saturated heterocycles. The number of rotatable bonds is 2. The first-order valence-corrected chi connectivity index (χ1v) is 5.85. The van der Waals surface area contributed by atoms with Gasteiger partial charge < -0.3 is 15.2 Å². The summed E-state index contributed by atoms with van der Waals surface area (Å²) in [5, 5.41) is 14.7. The normalized spacial score (nSPS) is 12.8. The Hall–Kier alpha value is -3.10. The molecule has 1 aromatic carbocycles. The van der Waals surface area contributed by atoms with E-state index in [1.54, 1.807) is 40.0 Å². The number of nitrogens with one attached hydrogen (secondary N) is 1. The van der Waals surface area contributed by atoms with Gasteiger partial charge in [-0.3, -0.25) is 0 Å². The minimum absolute atomic E-state index is 0.191. The number of benzene rings is 1. The van der Waals surface area contributed by atoms with Crippen LogP contribution in [0.1, 0.15) is 0 Å². The predicted octanol–water partition coefficient (Wildman–Crippen LogP) is -0.422. The number of aromatic nitrogens is 6. The first-order valence-electron chi connectivity index (χ1n) is 5.85. The van der Waals surface area contributed by atoms with Gasteiger partial charge in [0.1, 0.15) is 10.9 Å². The molecule has 3 N–H and O–H groups in total. The van der Waals surface area contributed by atoms with E-state index in [4.69, 9.17) is 15.2 Å². The van der Waals surface area contributed by atoms with Gasteiger partial charge in [0.2, 0.25) is 6.79 Å². The van der Waals surface area contributed by atoms with E-state index in [1.807, 2.05) is 0 Å². The molecule has 100 valence electrons. The Labute approximate surface area is 112 Å². The number of anilines is 1. The first kappa shape index (κ1) is 10.8. The molecule has 0 saturated carbocycles. The van der Waals surface area contributed by atoms with Crippen molar-refractivity contribution in [2.45, 2.75) is 0 Å². The molecule has 0 spiro atoms. The Bertz CT molecular complexity index is 765. The van der Waals surface area contributed by atoms with Crippen molar-refractivity contribution in [3.8, 4) is 23.1 Å². The van der Waals surface area contributed by atoms with Crippen molar-refractivity contribution in [2.75, 3.05) is 12.5 Å². The van der Waals surface area contributed by atoms with Crippen LogP contribution >= 0.6 is 0 Å². The minimum Gasteiger partial charge on any atom is -0.454 e. The maximum atomic E-state index is 6.05. The molecule has 9 heteroatoms. The van der Waals surface area contributed by atoms with E-state index in [-0.39, 0.29) is 6.79 Å². The third kappa shape index (κ3) is 1.49. The average molecular weight is 272 g/mol. The van der Waals surface area contributed by atoms with Crippen LogP contribution in [0.4, 0.5) is 5.69 Å². The number of nitrogens with two attached hydrogens (primary N) is 1. The second kappa shape index (κ2) is 3.95. The number of hydrogen-bond donors (Lipinski definition) is 2. The van der Waals surface area contributed by atoms with Crippen LogP contribution in [0.2, 0.25) is 0 Å². The molecule has 0 atom stereocenters. The smallest absolute Gasteiger partial charge is 0.434 e. The van der Waals surface area contributed by atoms with Gasteiger partial charge in [0.15, 0.2) is 11.5 Å². The molecule has 0 unspecified atom stereocenters. The van der Waals surface area contributed by atoms with Crippen LogP contribution in [0, 0.1) is 0 Å². The van der Waals surface area contributed by atoms with Crippen LogP contribution in [0.25, 0.3) is 11.6 Å². The summed E-state index contributed by atoms with van der Waals surface area (Å²) in [6, 6.07) is 5.27. The molecule has 0 radical (unpaired) electrons. The number of H-pyrrole nitrogens is 1. The summed E-state index contributed by atoms with van der Waals surface area (Å²) < 4.78 is 13.8. The molecule has 0 amide bonds. The molecule has 0 fully saturated rings. The highest BCUT2D eigenvalue weighted by molar-refractivity contribution is 5.62. The lowest BCUT2D eigenvalue weighted by Gasteiger charge is -2.05. The summed E-state index contributed by atoms with van der Waals surface area (Å²) in [5.41, 5.74) is 7.22. The third-order valence-electron chi connectivity index (χ3n) is 2.96. The quantitative estimate of drug-likeness (QED) is 0.484. The van der Waals surface area contributed by atoms with Gasteiger partial charge in [0.25, 0.3) is 0 Å². The molecule has 4 rings (SSSR count). The lowest BCUT2D eigenvalue weighted by molar-refractivity contribution is -0.654. The van der Waals surface area contributed by atoms with Gasteiger partial charge in [-0.15, -0.1) is 14.5 Å². The van der Waals surface area contributed by atoms with Crippen molar-refractivity contribution in [3.05, 3.63) is 30.6 Å². The fourth-order valence-corrected chi connectivity index (χ4v) is 2.04. The second-order valence-corrected chi connectivity index (χ2v) is 4.15. The maximum Gasteiger partial charge on any atom is 0.434 e. The van der Waals surface area contributed by atoms with Crippen molar-refractivity contribution < 1.29 is 14.2 Å². The zero-order valence-corrected chi connectivity index (χ0v) is 10.2. The van der Waals surface area contributed by atoms with Crippen molar-refractivity contribution in [2.24, 2.45) is 0 Å². The van der Waals surface area contributed by atoms with Crippen LogP contribution in [0.5, 0.6) is 11.5 Å². The molecular formula is C11H10N7O2+. The highest BCUT2D eigenvalue weighted by atomic mass is 16.7. The number of nitrogen functional groups attached to an aromatic ring is 1. The van der Waals surface area contributed by atoms with Crippen LogP contribution in [0.3, 0.4) is 0 Å². The first-order chi connectivity index (χ1) is 9.83. The number of aromatic amines is 1. The Morgan fingerprint density at radius 2 is 2.15 bits per heavy atom. The van der Waals surface area contributed by atoms with Crippen molar-refractivity contribution >= 4 is 5.69 Å². The fraction of sp³-hybridized carbons (Fsp3) is 0.0909. The fourth-order valence-electron chi connectivity index (χ4n) is 2.04. The largest absolute Gasteiger partial charge is 0.454 e. The van der Waals surface area contributed by atoms with Crippen molar-refractivity contribution in [1.29, 1.82) is 0 Å². The van der Waals surface area contributed by atoms with Crippen LogP contribution in [0.15, 0.2) is 30.6 Å². The zero-order chi connectivity index (χ0) is 13.5. The molecule has 1 aliphatic rings. The monoisotopic (exact) mass is 272 g/mol. The van der Waals surface area contributed by atoms with Crippen molar-refractivity contribution in [3.63, 3.8) is 0 Å². The van der Waals surface area contributed by atoms with Crippen molar-refractivity contribution in [1.82, 2.24) is 25.3 Å². The summed E-state index contributed by atoms with van der Waals surface area (Å²) in [5.74, 6) is 1.74. The summed E-state index contributed by atoms with van der Waals surface area (Å²) in [6.07, 6.45) is 3.42. The van der Waals surface area contributed by atoms with E-state index in [1.165, 1.54) is 0 Å². The van der Waals surface area contributed by atoms with E-state index >= 15 is 0 Å². The molecule has 1 aliphatic heterocycles. The Morgan fingerprint density at radius 3 is 2.95 bits per heavy atom. The standard InChI is InChI=1S/C11H9N7O2/c12-7-4-9-10(20-6-19-9)5-8(7)18-11(14-15-16-18)17-3-1-2-13-17/h1-5H,6,12H2/p+1. The molecule has 0 aliphatic carbocycles. The number of nitrogens with zero attached hydrogens (tertiary/aromatic N) is 5. The van der Waals surface area contributed by atoms with E-state index in [0.717, 1.165) is 0 Å². The average Bonchev–Trinajstić information content (AvgIpc) is 3.18. The number of tetrazole rings is 1. The molecule has 3 aromatic rings. The van der Waals surface area contributed by atoms with E-state index < -0.39 is 0 Å². The second-order valence-electron chi connectivity index (χ2n) is 4.15. The molecule has 9 nitrogen and oxygen atoms in total. The topological polar surface area (TPSA) is 108 Å². The SMILES string of the molecule is Nc1cc2c(cc1-[n+]1[nH]nnc1-n1cccn1)OCO2. The number of hydrogen-bond acceptors (Lipinski definition) is 6. The van der Waals surface area contributed by atoms with Gasteiger partial charge in [0, 0.05) is 12.1 Å². The van der Waals surface area contributed by atoms with Gasteiger partial charge >= 0.3 is 5.95 Å². The molecule has 0 bridgehead atoms. The van der Waals surface area contributed by atoms with Crippen LogP contribution in [-0.2, 0) is 0 Å². The van der Waals surface area contributed by atoms with Gasteiger partial charge in [-0.05, 0) is 6.07 Å². The van der Waals surface area contributed by atoms with Gasteiger partial charge in [-0.25, -0.2) is 0 Å². The maximum absolute atomic E-state index is 6.05. The lowest BCUT2D eigenvalue weighted by Crippen LogP contribution is -2.38. The number of fused-ring (bicyclic) bond motifs is 1. The van der Waals surface area contributed by atoms with Gasteiger partial charge in [0.05, 0.1) is 23.2 Å². The highest BCUT2D eigenvalue weighted by Crippen LogP contribution is 2.35. The summed E-state index contributed by atoms with van der Waals surface area (Å²) in [4.78, 5) is 0. The van der Waals surface area contributed by atoms with Crippen LogP contribution in [-0.4, -0.2) is 32.1 Å². The van der Waals surface area contributed by atoms with Gasteiger partial charge in [-0.2, -0.15) is 0 Å². The Kier molecular flexibility index (Phi) is 2.13. The third-order valence-corrected chi connectivity index (χ3v) is 2.96. The molecule has 2 aromatic heterocycles. The highest BCUT2D eigenvalue weighted by Gasteiger charge is 2.24. The summed E-state index contributed by atoms with van der Waals surface area (Å²) in [6.45, 7) is 0.191. The van der Waals surface area contributed by atoms with Crippen LogP contribution < -0.4 is 19.9 Å². The lowest BCUT2D eigenvalue weighted by atomic mass is 10.2. The van der Waals surface area contributed by atoms with E-state index in [9.17, 15) is 0 Å². The minimum atomic E-state index is 0.191. The van der Waals surface area contributed by atoms with E-state index in [0.29, 0.717) is 28.8 Å². The summed E-state index contributed by atoms with van der Waals surface area (Å²) in [7, 11) is 0. The Morgan fingerprint density at radius 1 is 1.30 bits per heavy atom. The molecular weight excluding hydrogens is 262 g/mol. The van der Waals surface area contributed by atoms with Gasteiger partial charge in [-0.1, -0.05) is 5.21 Å².